The minimum Gasteiger partial charge on any atom is -0.474 e. The fourth-order valence-electron chi connectivity index (χ4n) is 3.68. The third kappa shape index (κ3) is 3.53. The molecule has 2 aliphatic rings. The van der Waals surface area contributed by atoms with Crippen LogP contribution in [-0.2, 0) is 16.8 Å². The lowest BCUT2D eigenvalue weighted by molar-refractivity contribution is -0.123. The third-order valence-electron chi connectivity index (χ3n) is 5.35. The van der Waals surface area contributed by atoms with Crippen molar-refractivity contribution in [1.29, 1.82) is 0 Å². The summed E-state index contributed by atoms with van der Waals surface area (Å²) in [5, 5.41) is 3.10. The van der Waals surface area contributed by atoms with Crippen molar-refractivity contribution in [1.82, 2.24) is 10.3 Å². The van der Waals surface area contributed by atoms with Crippen molar-refractivity contribution >= 4 is 5.91 Å². The molecule has 0 atom stereocenters. The normalized spacial score (nSPS) is 18.7. The van der Waals surface area contributed by atoms with E-state index in [1.165, 1.54) is 12.8 Å². The minimum absolute atomic E-state index is 0.119. The Balaban J connectivity index is 1.37. The van der Waals surface area contributed by atoms with E-state index in [0.717, 1.165) is 36.8 Å². The van der Waals surface area contributed by atoms with Crippen LogP contribution in [0, 0.1) is 0 Å². The molecule has 0 radical (unpaired) electrons. The summed E-state index contributed by atoms with van der Waals surface area (Å²) in [6.45, 7) is 0.511. The fraction of sp³-hybridized carbons (Fsp3) is 0.429. The SMILES string of the molecule is O=C(NCc1ccnc(OC2CCCC2)c1)C1(c2ccccc2)CC1. The molecule has 0 bridgehead atoms. The van der Waals surface area contributed by atoms with Gasteiger partial charge in [-0.05, 0) is 55.7 Å². The number of hydrogen-bond acceptors (Lipinski definition) is 3. The molecule has 0 aliphatic heterocycles. The highest BCUT2D eigenvalue weighted by atomic mass is 16.5. The van der Waals surface area contributed by atoms with Crippen LogP contribution in [-0.4, -0.2) is 17.0 Å². The molecule has 1 aromatic heterocycles. The Morgan fingerprint density at radius 2 is 1.92 bits per heavy atom. The number of aromatic nitrogens is 1. The monoisotopic (exact) mass is 336 g/mol. The van der Waals surface area contributed by atoms with Crippen molar-refractivity contribution < 1.29 is 9.53 Å². The van der Waals surface area contributed by atoms with E-state index in [2.05, 4.69) is 10.3 Å². The Bertz CT molecular complexity index is 735. The van der Waals surface area contributed by atoms with Gasteiger partial charge in [-0.3, -0.25) is 4.79 Å². The zero-order chi connectivity index (χ0) is 17.1. The van der Waals surface area contributed by atoms with E-state index in [9.17, 15) is 4.79 Å². The van der Waals surface area contributed by atoms with Gasteiger partial charge in [0.25, 0.3) is 0 Å². The minimum atomic E-state index is -0.322. The number of amides is 1. The fourth-order valence-corrected chi connectivity index (χ4v) is 3.68. The van der Waals surface area contributed by atoms with Crippen molar-refractivity contribution in [2.75, 3.05) is 0 Å². The molecule has 0 saturated heterocycles. The number of benzene rings is 1. The molecule has 1 N–H and O–H groups in total. The van der Waals surface area contributed by atoms with Gasteiger partial charge in [0.2, 0.25) is 11.8 Å². The molecule has 0 spiro atoms. The van der Waals surface area contributed by atoms with Gasteiger partial charge >= 0.3 is 0 Å². The standard InChI is InChI=1S/C21H24N2O2/c24-20(21(11-12-21)17-6-2-1-3-7-17)23-15-16-10-13-22-19(14-16)25-18-8-4-5-9-18/h1-3,6-7,10,13-14,18H,4-5,8-9,11-12,15H2,(H,23,24). The Kier molecular flexibility index (Phi) is 4.43. The van der Waals surface area contributed by atoms with Crippen molar-refractivity contribution in [3.8, 4) is 5.88 Å². The number of rotatable bonds is 6. The predicted octanol–water partition coefficient (Wildman–Crippen LogP) is 3.75. The first kappa shape index (κ1) is 16.1. The van der Waals surface area contributed by atoms with E-state index < -0.39 is 0 Å². The Labute approximate surface area is 148 Å². The number of pyridine rings is 1. The maximum absolute atomic E-state index is 12.7. The molecule has 4 nitrogen and oxygen atoms in total. The molecule has 130 valence electrons. The number of carbonyl (C=O) groups is 1. The molecule has 1 aromatic carbocycles. The largest absolute Gasteiger partial charge is 0.474 e. The van der Waals surface area contributed by atoms with Gasteiger partial charge in [-0.25, -0.2) is 4.98 Å². The summed E-state index contributed by atoms with van der Waals surface area (Å²) >= 11 is 0. The first-order valence-corrected chi connectivity index (χ1v) is 9.22. The van der Waals surface area contributed by atoms with Crippen molar-refractivity contribution in [3.63, 3.8) is 0 Å². The number of carbonyl (C=O) groups excluding carboxylic acids is 1. The highest BCUT2D eigenvalue weighted by Crippen LogP contribution is 2.48. The van der Waals surface area contributed by atoms with Crippen LogP contribution in [0.15, 0.2) is 48.7 Å². The van der Waals surface area contributed by atoms with Gasteiger partial charge in [0.15, 0.2) is 0 Å². The smallest absolute Gasteiger partial charge is 0.230 e. The van der Waals surface area contributed by atoms with Gasteiger partial charge in [-0.15, -0.1) is 0 Å². The van der Waals surface area contributed by atoms with Crippen LogP contribution in [0.5, 0.6) is 5.88 Å². The molecule has 2 fully saturated rings. The molecule has 4 rings (SSSR count). The lowest BCUT2D eigenvalue weighted by Crippen LogP contribution is -2.34. The lowest BCUT2D eigenvalue weighted by atomic mass is 9.95. The van der Waals surface area contributed by atoms with E-state index in [4.69, 9.17) is 4.74 Å². The summed E-state index contributed by atoms with van der Waals surface area (Å²) in [6, 6.07) is 14.0. The van der Waals surface area contributed by atoms with Gasteiger partial charge in [-0.2, -0.15) is 0 Å². The maximum Gasteiger partial charge on any atom is 0.230 e. The summed E-state index contributed by atoms with van der Waals surface area (Å²) < 4.78 is 5.95. The quantitative estimate of drug-likeness (QED) is 0.874. The lowest BCUT2D eigenvalue weighted by Gasteiger charge is -2.16. The summed E-state index contributed by atoms with van der Waals surface area (Å²) in [7, 11) is 0. The van der Waals surface area contributed by atoms with Gasteiger partial charge in [0.1, 0.15) is 6.10 Å². The second-order valence-electron chi connectivity index (χ2n) is 7.16. The first-order valence-electron chi connectivity index (χ1n) is 9.22. The number of ether oxygens (including phenoxy) is 1. The molecular weight excluding hydrogens is 312 g/mol. The number of hydrogen-bond donors (Lipinski definition) is 1. The molecule has 2 aromatic rings. The first-order chi connectivity index (χ1) is 12.3. The van der Waals surface area contributed by atoms with Crippen molar-refractivity contribution in [3.05, 3.63) is 59.8 Å². The molecule has 25 heavy (non-hydrogen) atoms. The van der Waals surface area contributed by atoms with Crippen molar-refractivity contribution in [2.45, 2.75) is 56.6 Å². The number of nitrogens with zero attached hydrogens (tertiary/aromatic N) is 1. The van der Waals surface area contributed by atoms with E-state index in [1.54, 1.807) is 6.20 Å². The second kappa shape index (κ2) is 6.87. The highest BCUT2D eigenvalue weighted by molar-refractivity contribution is 5.91. The van der Waals surface area contributed by atoms with Crippen LogP contribution in [0.25, 0.3) is 0 Å². The van der Waals surface area contributed by atoms with Gasteiger partial charge in [-0.1, -0.05) is 30.3 Å². The molecular formula is C21H24N2O2. The maximum atomic E-state index is 12.7. The summed E-state index contributed by atoms with van der Waals surface area (Å²) in [5.41, 5.74) is 1.82. The molecule has 4 heteroatoms. The van der Waals surface area contributed by atoms with E-state index in [-0.39, 0.29) is 11.3 Å². The predicted molar refractivity (Wildman–Crippen MR) is 96.3 cm³/mol. The van der Waals surface area contributed by atoms with Crippen LogP contribution < -0.4 is 10.1 Å². The molecule has 0 unspecified atom stereocenters. The van der Waals surface area contributed by atoms with Crippen LogP contribution in [0.3, 0.4) is 0 Å². The van der Waals surface area contributed by atoms with Gasteiger partial charge in [0.05, 0.1) is 5.41 Å². The van der Waals surface area contributed by atoms with Crippen LogP contribution in [0.1, 0.15) is 49.7 Å². The van der Waals surface area contributed by atoms with Gasteiger partial charge < -0.3 is 10.1 Å². The highest BCUT2D eigenvalue weighted by Gasteiger charge is 2.50. The molecule has 2 aliphatic carbocycles. The van der Waals surface area contributed by atoms with Crippen LogP contribution in [0.2, 0.25) is 0 Å². The van der Waals surface area contributed by atoms with Crippen molar-refractivity contribution in [2.24, 2.45) is 0 Å². The zero-order valence-corrected chi connectivity index (χ0v) is 14.4. The molecule has 1 amide bonds. The molecule has 1 heterocycles. The topological polar surface area (TPSA) is 51.2 Å². The van der Waals surface area contributed by atoms with E-state index in [0.29, 0.717) is 18.5 Å². The van der Waals surface area contributed by atoms with E-state index in [1.807, 2.05) is 42.5 Å². The summed E-state index contributed by atoms with van der Waals surface area (Å²) in [6.07, 6.45) is 8.61. The Morgan fingerprint density at radius 3 is 2.64 bits per heavy atom. The number of nitrogens with one attached hydrogen (secondary N) is 1. The average molecular weight is 336 g/mol. The summed E-state index contributed by atoms with van der Waals surface area (Å²) in [5.74, 6) is 0.789. The Hall–Kier alpha value is -2.36. The summed E-state index contributed by atoms with van der Waals surface area (Å²) in [4.78, 5) is 17.0. The van der Waals surface area contributed by atoms with E-state index >= 15 is 0 Å². The zero-order valence-electron chi connectivity index (χ0n) is 14.4. The third-order valence-corrected chi connectivity index (χ3v) is 5.35. The average Bonchev–Trinajstić information content (AvgIpc) is 3.32. The Morgan fingerprint density at radius 1 is 1.16 bits per heavy atom. The molecule has 2 saturated carbocycles. The van der Waals surface area contributed by atoms with Gasteiger partial charge in [0, 0.05) is 18.8 Å². The van der Waals surface area contributed by atoms with Crippen LogP contribution in [0.4, 0.5) is 0 Å². The second-order valence-corrected chi connectivity index (χ2v) is 7.16. The van der Waals surface area contributed by atoms with Crippen LogP contribution >= 0.6 is 0 Å².